The SMILES string of the molecule is O=C(CCc1nc(-c2ccccn2)no1)Nc1nncs1. The summed E-state index contributed by atoms with van der Waals surface area (Å²) in [5.41, 5.74) is 2.18. The zero-order valence-corrected chi connectivity index (χ0v) is 11.6. The van der Waals surface area contributed by atoms with Gasteiger partial charge in [0.25, 0.3) is 0 Å². The molecule has 0 saturated carbocycles. The van der Waals surface area contributed by atoms with Crippen LogP contribution in [-0.2, 0) is 11.2 Å². The van der Waals surface area contributed by atoms with Crippen molar-refractivity contribution in [2.75, 3.05) is 5.32 Å². The van der Waals surface area contributed by atoms with Crippen molar-refractivity contribution in [3.8, 4) is 11.5 Å². The third-order valence-electron chi connectivity index (χ3n) is 2.53. The molecule has 21 heavy (non-hydrogen) atoms. The highest BCUT2D eigenvalue weighted by Gasteiger charge is 2.11. The minimum atomic E-state index is -0.177. The molecule has 1 amide bonds. The van der Waals surface area contributed by atoms with Gasteiger partial charge in [-0.3, -0.25) is 9.78 Å². The van der Waals surface area contributed by atoms with Gasteiger partial charge < -0.3 is 9.84 Å². The molecule has 0 atom stereocenters. The van der Waals surface area contributed by atoms with Gasteiger partial charge in [-0.05, 0) is 12.1 Å². The van der Waals surface area contributed by atoms with Gasteiger partial charge in [-0.15, -0.1) is 10.2 Å². The lowest BCUT2D eigenvalue weighted by Crippen LogP contribution is -2.12. The van der Waals surface area contributed by atoms with Crippen molar-refractivity contribution in [2.45, 2.75) is 12.8 Å². The minimum absolute atomic E-state index is 0.177. The smallest absolute Gasteiger partial charge is 0.227 e. The number of hydrogen-bond donors (Lipinski definition) is 1. The Bertz CT molecular complexity index is 712. The monoisotopic (exact) mass is 302 g/mol. The predicted molar refractivity (Wildman–Crippen MR) is 74.4 cm³/mol. The van der Waals surface area contributed by atoms with E-state index in [9.17, 15) is 4.79 Å². The Morgan fingerprint density at radius 1 is 1.38 bits per heavy atom. The van der Waals surface area contributed by atoms with Crippen LogP contribution in [0.3, 0.4) is 0 Å². The molecular formula is C12H10N6O2S. The Morgan fingerprint density at radius 2 is 2.33 bits per heavy atom. The van der Waals surface area contributed by atoms with E-state index in [0.29, 0.717) is 29.0 Å². The molecule has 3 aromatic heterocycles. The summed E-state index contributed by atoms with van der Waals surface area (Å²) in [6, 6.07) is 5.44. The van der Waals surface area contributed by atoms with Crippen molar-refractivity contribution in [3.05, 3.63) is 35.8 Å². The summed E-state index contributed by atoms with van der Waals surface area (Å²) in [6.07, 6.45) is 2.23. The number of amides is 1. The van der Waals surface area contributed by atoms with Gasteiger partial charge in [0.05, 0.1) is 0 Å². The highest BCUT2D eigenvalue weighted by atomic mass is 32.1. The van der Waals surface area contributed by atoms with Crippen LogP contribution in [-0.4, -0.2) is 31.2 Å². The average Bonchev–Trinajstić information content (AvgIpc) is 3.17. The van der Waals surface area contributed by atoms with E-state index in [1.807, 2.05) is 12.1 Å². The van der Waals surface area contributed by atoms with Crippen molar-refractivity contribution in [2.24, 2.45) is 0 Å². The topological polar surface area (TPSA) is 107 Å². The average molecular weight is 302 g/mol. The second-order valence-corrected chi connectivity index (χ2v) is 4.85. The van der Waals surface area contributed by atoms with Crippen LogP contribution < -0.4 is 5.32 Å². The Hall–Kier alpha value is -2.68. The van der Waals surface area contributed by atoms with Crippen LogP contribution in [0.2, 0.25) is 0 Å². The summed E-state index contributed by atoms with van der Waals surface area (Å²) in [5, 5.41) is 14.3. The second-order valence-electron chi connectivity index (χ2n) is 4.02. The molecule has 0 unspecified atom stereocenters. The van der Waals surface area contributed by atoms with Gasteiger partial charge in [-0.1, -0.05) is 22.6 Å². The van der Waals surface area contributed by atoms with Crippen LogP contribution in [0.5, 0.6) is 0 Å². The minimum Gasteiger partial charge on any atom is -0.339 e. The fraction of sp³-hybridized carbons (Fsp3) is 0.167. The highest BCUT2D eigenvalue weighted by Crippen LogP contribution is 2.13. The molecule has 0 aromatic carbocycles. The maximum Gasteiger partial charge on any atom is 0.227 e. The Labute approximate surface area is 123 Å². The number of carbonyl (C=O) groups excluding carboxylic acids is 1. The molecule has 0 spiro atoms. The standard InChI is InChI=1S/C12H10N6O2S/c19-9(15-12-17-14-7-21-12)4-5-10-16-11(18-20-10)8-3-1-2-6-13-8/h1-3,6-7H,4-5H2,(H,15,17,19). The maximum atomic E-state index is 11.7. The van der Waals surface area contributed by atoms with Crippen LogP contribution in [0.4, 0.5) is 5.13 Å². The number of nitrogens with zero attached hydrogens (tertiary/aromatic N) is 5. The molecule has 8 nitrogen and oxygen atoms in total. The zero-order valence-electron chi connectivity index (χ0n) is 10.8. The van der Waals surface area contributed by atoms with Crippen LogP contribution >= 0.6 is 11.3 Å². The Kier molecular flexibility index (Phi) is 3.92. The van der Waals surface area contributed by atoms with Gasteiger partial charge in [-0.25, -0.2) is 0 Å². The summed E-state index contributed by atoms with van der Waals surface area (Å²) >= 11 is 1.26. The van der Waals surface area contributed by atoms with E-state index in [1.165, 1.54) is 11.3 Å². The number of aromatic nitrogens is 5. The fourth-order valence-electron chi connectivity index (χ4n) is 1.59. The van der Waals surface area contributed by atoms with Gasteiger partial charge in [0.1, 0.15) is 11.2 Å². The van der Waals surface area contributed by atoms with Gasteiger partial charge in [-0.2, -0.15) is 4.98 Å². The molecule has 0 aliphatic rings. The molecule has 0 aliphatic carbocycles. The van der Waals surface area contributed by atoms with Gasteiger partial charge in [0.15, 0.2) is 0 Å². The van der Waals surface area contributed by atoms with Gasteiger partial charge in [0, 0.05) is 19.0 Å². The van der Waals surface area contributed by atoms with Crippen molar-refractivity contribution < 1.29 is 9.32 Å². The predicted octanol–water partition coefficient (Wildman–Crippen LogP) is 1.55. The van der Waals surface area contributed by atoms with Crippen molar-refractivity contribution in [1.82, 2.24) is 25.3 Å². The normalized spacial score (nSPS) is 10.5. The van der Waals surface area contributed by atoms with Crippen LogP contribution in [0, 0.1) is 0 Å². The first-order chi connectivity index (χ1) is 10.3. The van der Waals surface area contributed by atoms with Crippen LogP contribution in [0.1, 0.15) is 12.3 Å². The molecule has 0 radical (unpaired) electrons. The zero-order chi connectivity index (χ0) is 14.5. The number of pyridine rings is 1. The van der Waals surface area contributed by atoms with E-state index in [-0.39, 0.29) is 12.3 Å². The quantitative estimate of drug-likeness (QED) is 0.762. The summed E-state index contributed by atoms with van der Waals surface area (Å²) in [7, 11) is 0. The molecule has 3 aromatic rings. The van der Waals surface area contributed by atoms with Crippen LogP contribution in [0.15, 0.2) is 34.4 Å². The lowest BCUT2D eigenvalue weighted by Gasteiger charge is -1.97. The van der Waals surface area contributed by atoms with Gasteiger partial charge >= 0.3 is 0 Å². The molecule has 1 N–H and O–H groups in total. The van der Waals surface area contributed by atoms with E-state index in [4.69, 9.17) is 4.52 Å². The molecule has 3 heterocycles. The molecule has 0 fully saturated rings. The molecule has 0 aliphatic heterocycles. The first-order valence-corrected chi connectivity index (χ1v) is 6.99. The lowest BCUT2D eigenvalue weighted by atomic mass is 10.3. The largest absolute Gasteiger partial charge is 0.339 e. The van der Waals surface area contributed by atoms with E-state index in [2.05, 4.69) is 30.6 Å². The Balaban J connectivity index is 1.56. The second kappa shape index (κ2) is 6.18. The number of rotatable bonds is 5. The van der Waals surface area contributed by atoms with E-state index >= 15 is 0 Å². The number of nitrogens with one attached hydrogen (secondary N) is 1. The van der Waals surface area contributed by atoms with Gasteiger partial charge in [0.2, 0.25) is 22.8 Å². The number of aryl methyl sites for hydroxylation is 1. The number of anilines is 1. The van der Waals surface area contributed by atoms with E-state index in [1.54, 1.807) is 17.8 Å². The molecule has 106 valence electrons. The first-order valence-electron chi connectivity index (χ1n) is 6.11. The summed E-state index contributed by atoms with van der Waals surface area (Å²) < 4.78 is 5.10. The van der Waals surface area contributed by atoms with Crippen molar-refractivity contribution >= 4 is 22.4 Å². The molecule has 0 saturated heterocycles. The van der Waals surface area contributed by atoms with Crippen LogP contribution in [0.25, 0.3) is 11.5 Å². The fourth-order valence-corrected chi connectivity index (χ4v) is 2.05. The van der Waals surface area contributed by atoms with E-state index < -0.39 is 0 Å². The summed E-state index contributed by atoms with van der Waals surface area (Å²) in [4.78, 5) is 20.0. The number of hydrogen-bond acceptors (Lipinski definition) is 8. The van der Waals surface area contributed by atoms with Crippen molar-refractivity contribution in [3.63, 3.8) is 0 Å². The summed E-state index contributed by atoms with van der Waals surface area (Å²) in [5.74, 6) is 0.627. The number of carbonyl (C=O) groups is 1. The lowest BCUT2D eigenvalue weighted by molar-refractivity contribution is -0.116. The molecule has 9 heteroatoms. The third kappa shape index (κ3) is 3.45. The molecule has 3 rings (SSSR count). The van der Waals surface area contributed by atoms with E-state index in [0.717, 1.165) is 0 Å². The third-order valence-corrected chi connectivity index (χ3v) is 3.14. The molecular weight excluding hydrogens is 292 g/mol. The highest BCUT2D eigenvalue weighted by molar-refractivity contribution is 7.13. The maximum absolute atomic E-state index is 11.7. The first kappa shape index (κ1) is 13.3. The summed E-state index contributed by atoms with van der Waals surface area (Å²) in [6.45, 7) is 0. The van der Waals surface area contributed by atoms with Crippen molar-refractivity contribution in [1.29, 1.82) is 0 Å². The molecule has 0 bridgehead atoms. The Morgan fingerprint density at radius 3 is 3.10 bits per heavy atom.